The van der Waals surface area contributed by atoms with E-state index < -0.39 is 10.0 Å². The zero-order valence-electron chi connectivity index (χ0n) is 9.52. The highest BCUT2D eigenvalue weighted by Gasteiger charge is 2.31. The van der Waals surface area contributed by atoms with Crippen molar-refractivity contribution in [3.05, 3.63) is 15.9 Å². The molecule has 1 aromatic rings. The third-order valence-electron chi connectivity index (χ3n) is 3.02. The lowest BCUT2D eigenvalue weighted by atomic mass is 10.1. The molecule has 0 aromatic carbocycles. The molecule has 0 radical (unpaired) electrons. The fraction of sp³-hybridized carbons (Fsp3) is 0.600. The molecule has 2 heterocycles. The van der Waals surface area contributed by atoms with E-state index in [2.05, 4.69) is 21.2 Å². The second-order valence-electron chi connectivity index (χ2n) is 4.06. The first-order valence-electron chi connectivity index (χ1n) is 5.45. The van der Waals surface area contributed by atoms with E-state index in [1.54, 1.807) is 18.5 Å². The Morgan fingerprint density at radius 1 is 1.47 bits per heavy atom. The van der Waals surface area contributed by atoms with Crippen LogP contribution in [-0.2, 0) is 10.0 Å². The van der Waals surface area contributed by atoms with Crippen molar-refractivity contribution in [1.82, 2.24) is 9.62 Å². The van der Waals surface area contributed by atoms with Gasteiger partial charge >= 0.3 is 0 Å². The summed E-state index contributed by atoms with van der Waals surface area (Å²) < 4.78 is 27.4. The van der Waals surface area contributed by atoms with Crippen molar-refractivity contribution in [1.29, 1.82) is 0 Å². The molecule has 0 unspecified atom stereocenters. The summed E-state index contributed by atoms with van der Waals surface area (Å²) in [6, 6.07) is 1.88. The molecule has 0 amide bonds. The van der Waals surface area contributed by atoms with Crippen molar-refractivity contribution in [3.8, 4) is 0 Å². The Labute approximate surface area is 114 Å². The van der Waals surface area contributed by atoms with Gasteiger partial charge in [-0.1, -0.05) is 0 Å². The minimum Gasteiger partial charge on any atom is -0.317 e. The molecular formula is C10H15BrN2O2S2. The van der Waals surface area contributed by atoms with Crippen molar-refractivity contribution in [2.24, 2.45) is 0 Å². The van der Waals surface area contributed by atoms with Crippen LogP contribution in [0.2, 0.25) is 0 Å². The van der Waals surface area contributed by atoms with Crippen LogP contribution in [0.15, 0.2) is 20.1 Å². The fourth-order valence-electron chi connectivity index (χ4n) is 1.96. The quantitative estimate of drug-likeness (QED) is 0.915. The highest BCUT2D eigenvalue weighted by Crippen LogP contribution is 2.31. The zero-order valence-corrected chi connectivity index (χ0v) is 12.7. The molecule has 96 valence electrons. The van der Waals surface area contributed by atoms with Gasteiger partial charge in [-0.25, -0.2) is 8.42 Å². The topological polar surface area (TPSA) is 49.4 Å². The molecule has 17 heavy (non-hydrogen) atoms. The second-order valence-corrected chi connectivity index (χ2v) is 8.02. The first-order valence-corrected chi connectivity index (χ1v) is 8.56. The highest BCUT2D eigenvalue weighted by atomic mass is 79.9. The molecular weight excluding hydrogens is 324 g/mol. The predicted octanol–water partition coefficient (Wildman–Crippen LogP) is 1.88. The summed E-state index contributed by atoms with van der Waals surface area (Å²) in [6.45, 7) is 1.77. The lowest BCUT2D eigenvalue weighted by Gasteiger charge is -2.30. The van der Waals surface area contributed by atoms with Crippen LogP contribution in [0.5, 0.6) is 0 Å². The molecule has 1 fully saturated rings. The third-order valence-corrected chi connectivity index (χ3v) is 7.58. The number of thiophene rings is 1. The standard InChI is InChI=1S/C10H15BrN2O2S2/c1-13(8-2-5-12-6-3-8)17(14,15)10-9(11)4-7-16-10/h4,7-8,12H,2-3,5-6H2,1H3. The van der Waals surface area contributed by atoms with Gasteiger partial charge in [0, 0.05) is 17.6 Å². The van der Waals surface area contributed by atoms with Crippen LogP contribution in [0.1, 0.15) is 12.8 Å². The number of halogens is 1. The number of piperidine rings is 1. The second kappa shape index (κ2) is 5.36. The lowest BCUT2D eigenvalue weighted by Crippen LogP contribution is -2.43. The summed E-state index contributed by atoms with van der Waals surface area (Å²) in [6.07, 6.45) is 1.75. The Morgan fingerprint density at radius 2 is 2.12 bits per heavy atom. The molecule has 1 saturated heterocycles. The van der Waals surface area contributed by atoms with Gasteiger partial charge in [-0.3, -0.25) is 0 Å². The SMILES string of the molecule is CN(C1CCNCC1)S(=O)(=O)c1sccc1Br. The first kappa shape index (κ1) is 13.5. The van der Waals surface area contributed by atoms with E-state index in [0.29, 0.717) is 8.68 Å². The van der Waals surface area contributed by atoms with Crippen molar-refractivity contribution in [2.75, 3.05) is 20.1 Å². The van der Waals surface area contributed by atoms with Gasteiger partial charge < -0.3 is 5.32 Å². The van der Waals surface area contributed by atoms with Crippen molar-refractivity contribution in [2.45, 2.75) is 23.1 Å². The maximum atomic E-state index is 12.4. The predicted molar refractivity (Wildman–Crippen MR) is 72.9 cm³/mol. The molecule has 7 heteroatoms. The van der Waals surface area contributed by atoms with Gasteiger partial charge in [0.1, 0.15) is 4.21 Å². The average Bonchev–Trinajstić information content (AvgIpc) is 2.76. The van der Waals surface area contributed by atoms with Crippen LogP contribution in [-0.4, -0.2) is 38.9 Å². The van der Waals surface area contributed by atoms with E-state index in [1.165, 1.54) is 15.6 Å². The van der Waals surface area contributed by atoms with E-state index in [1.807, 2.05) is 0 Å². The summed E-state index contributed by atoms with van der Waals surface area (Å²) in [5.74, 6) is 0. The van der Waals surface area contributed by atoms with Crippen LogP contribution in [0.3, 0.4) is 0 Å². The van der Waals surface area contributed by atoms with Crippen molar-refractivity contribution in [3.63, 3.8) is 0 Å². The zero-order chi connectivity index (χ0) is 12.5. The van der Waals surface area contributed by atoms with Gasteiger partial charge in [0.15, 0.2) is 0 Å². The Bertz CT molecular complexity index is 480. The molecule has 0 spiro atoms. The van der Waals surface area contributed by atoms with Gasteiger partial charge in [0.05, 0.1) is 0 Å². The van der Waals surface area contributed by atoms with E-state index in [-0.39, 0.29) is 6.04 Å². The van der Waals surface area contributed by atoms with E-state index in [0.717, 1.165) is 25.9 Å². The summed E-state index contributed by atoms with van der Waals surface area (Å²) in [7, 11) is -1.67. The Morgan fingerprint density at radius 3 is 2.65 bits per heavy atom. The molecule has 0 atom stereocenters. The number of nitrogens with one attached hydrogen (secondary N) is 1. The lowest BCUT2D eigenvalue weighted by molar-refractivity contribution is 0.297. The molecule has 0 saturated carbocycles. The summed E-state index contributed by atoms with van der Waals surface area (Å²) in [4.78, 5) is 0. The minimum absolute atomic E-state index is 0.107. The van der Waals surface area contributed by atoms with Crippen LogP contribution < -0.4 is 5.32 Å². The van der Waals surface area contributed by atoms with Crippen LogP contribution in [0.4, 0.5) is 0 Å². The minimum atomic E-state index is -3.35. The molecule has 1 N–H and O–H groups in total. The maximum Gasteiger partial charge on any atom is 0.253 e. The summed E-state index contributed by atoms with van der Waals surface area (Å²) >= 11 is 4.54. The monoisotopic (exact) mass is 338 g/mol. The molecule has 2 rings (SSSR count). The average molecular weight is 339 g/mol. The number of hydrogen-bond donors (Lipinski definition) is 1. The molecule has 1 aliphatic heterocycles. The Kier molecular flexibility index (Phi) is 4.25. The number of rotatable bonds is 3. The normalized spacial score (nSPS) is 18.8. The number of hydrogen-bond acceptors (Lipinski definition) is 4. The number of sulfonamides is 1. The Hall–Kier alpha value is 0.0500. The maximum absolute atomic E-state index is 12.4. The molecule has 1 aromatic heterocycles. The van der Waals surface area contributed by atoms with E-state index >= 15 is 0 Å². The van der Waals surface area contributed by atoms with Crippen molar-refractivity contribution >= 4 is 37.3 Å². The Balaban J connectivity index is 2.23. The van der Waals surface area contributed by atoms with Gasteiger partial charge in [-0.05, 0) is 53.3 Å². The van der Waals surface area contributed by atoms with Gasteiger partial charge in [0.25, 0.3) is 10.0 Å². The van der Waals surface area contributed by atoms with Crippen LogP contribution in [0, 0.1) is 0 Å². The van der Waals surface area contributed by atoms with Crippen molar-refractivity contribution < 1.29 is 8.42 Å². The number of nitrogens with zero attached hydrogens (tertiary/aromatic N) is 1. The van der Waals surface area contributed by atoms with E-state index in [4.69, 9.17) is 0 Å². The molecule has 0 bridgehead atoms. The first-order chi connectivity index (χ1) is 8.03. The van der Waals surface area contributed by atoms with Gasteiger partial charge in [-0.15, -0.1) is 11.3 Å². The smallest absolute Gasteiger partial charge is 0.253 e. The van der Waals surface area contributed by atoms with Crippen LogP contribution >= 0.6 is 27.3 Å². The van der Waals surface area contributed by atoms with Gasteiger partial charge in [-0.2, -0.15) is 4.31 Å². The largest absolute Gasteiger partial charge is 0.317 e. The summed E-state index contributed by atoms with van der Waals surface area (Å²) in [5, 5.41) is 5.02. The molecule has 1 aliphatic rings. The molecule has 0 aliphatic carbocycles. The van der Waals surface area contributed by atoms with E-state index in [9.17, 15) is 8.42 Å². The van der Waals surface area contributed by atoms with Crippen LogP contribution in [0.25, 0.3) is 0 Å². The van der Waals surface area contributed by atoms with Gasteiger partial charge in [0.2, 0.25) is 0 Å². The molecule has 4 nitrogen and oxygen atoms in total. The third kappa shape index (κ3) is 2.73. The fourth-order valence-corrected chi connectivity index (χ4v) is 5.86. The summed E-state index contributed by atoms with van der Waals surface area (Å²) in [5.41, 5.74) is 0. The highest BCUT2D eigenvalue weighted by molar-refractivity contribution is 9.10.